The second-order valence-corrected chi connectivity index (χ2v) is 2.99. The first-order valence-electron chi connectivity index (χ1n) is 4.49. The lowest BCUT2D eigenvalue weighted by Gasteiger charge is -2.00. The normalized spacial score (nSPS) is 9.93. The summed E-state index contributed by atoms with van der Waals surface area (Å²) in [6.07, 6.45) is 5.02. The summed E-state index contributed by atoms with van der Waals surface area (Å²) in [6.45, 7) is 0. The average Bonchev–Trinajstić information content (AvgIpc) is 2.78. The van der Waals surface area contributed by atoms with Crippen LogP contribution in [0.2, 0.25) is 0 Å². The summed E-state index contributed by atoms with van der Waals surface area (Å²) >= 11 is 0. The molecule has 0 radical (unpaired) electrons. The average molecular weight is 202 g/mol. The Labute approximate surface area is 86.9 Å². The molecule has 0 saturated heterocycles. The molecule has 0 fully saturated rings. The maximum atomic E-state index is 11.4. The van der Waals surface area contributed by atoms with Crippen molar-refractivity contribution in [3.8, 4) is 11.3 Å². The first-order valence-corrected chi connectivity index (χ1v) is 4.49. The van der Waals surface area contributed by atoms with Crippen LogP contribution in [0, 0.1) is 0 Å². The van der Waals surface area contributed by atoms with Crippen molar-refractivity contribution in [2.24, 2.45) is 0 Å². The molecule has 0 bridgehead atoms. The molecule has 1 N–H and O–H groups in total. The van der Waals surface area contributed by atoms with Crippen molar-refractivity contribution in [1.29, 1.82) is 0 Å². The number of carbonyl (C=O) groups excluding carboxylic acids is 1. The summed E-state index contributed by atoms with van der Waals surface area (Å²) in [4.78, 5) is 18.4. The van der Waals surface area contributed by atoms with Crippen LogP contribution in [0.15, 0.2) is 36.8 Å². The standard InChI is InChI=1S/C11H10N2O2/c1-15-11(14)9-7-12-6-8(9)10-4-2-3-5-13-10/h2-7,12H,1H3. The third-order valence-electron chi connectivity index (χ3n) is 2.09. The molecular weight excluding hydrogens is 192 g/mol. The highest BCUT2D eigenvalue weighted by molar-refractivity contribution is 5.96. The van der Waals surface area contributed by atoms with E-state index in [-0.39, 0.29) is 5.97 Å². The molecule has 2 aromatic rings. The van der Waals surface area contributed by atoms with Gasteiger partial charge in [-0.3, -0.25) is 4.98 Å². The zero-order valence-electron chi connectivity index (χ0n) is 8.23. The third-order valence-corrected chi connectivity index (χ3v) is 2.09. The number of hydrogen-bond acceptors (Lipinski definition) is 3. The Morgan fingerprint density at radius 1 is 1.40 bits per heavy atom. The largest absolute Gasteiger partial charge is 0.465 e. The molecule has 4 heteroatoms. The molecule has 0 aliphatic heterocycles. The van der Waals surface area contributed by atoms with Crippen LogP contribution in [0.25, 0.3) is 11.3 Å². The maximum Gasteiger partial charge on any atom is 0.340 e. The molecule has 0 saturated carbocycles. The van der Waals surface area contributed by atoms with Gasteiger partial charge in [0.25, 0.3) is 0 Å². The van der Waals surface area contributed by atoms with E-state index in [2.05, 4.69) is 14.7 Å². The number of ether oxygens (including phenoxy) is 1. The fourth-order valence-electron chi connectivity index (χ4n) is 1.38. The van der Waals surface area contributed by atoms with Crippen LogP contribution in [-0.4, -0.2) is 23.0 Å². The molecule has 0 amide bonds. The van der Waals surface area contributed by atoms with E-state index in [0.717, 1.165) is 11.3 Å². The van der Waals surface area contributed by atoms with Gasteiger partial charge < -0.3 is 9.72 Å². The Bertz CT molecular complexity index is 462. The number of esters is 1. The minimum Gasteiger partial charge on any atom is -0.465 e. The molecule has 2 rings (SSSR count). The molecular formula is C11H10N2O2. The summed E-state index contributed by atoms with van der Waals surface area (Å²) in [5, 5.41) is 0. The van der Waals surface area contributed by atoms with Crippen LogP contribution in [0.1, 0.15) is 10.4 Å². The lowest BCUT2D eigenvalue weighted by Crippen LogP contribution is -2.01. The predicted molar refractivity (Wildman–Crippen MR) is 55.4 cm³/mol. The summed E-state index contributed by atoms with van der Waals surface area (Å²) in [5.74, 6) is -0.364. The van der Waals surface area contributed by atoms with Crippen molar-refractivity contribution >= 4 is 5.97 Å². The lowest BCUT2D eigenvalue weighted by atomic mass is 10.1. The first kappa shape index (κ1) is 9.45. The van der Waals surface area contributed by atoms with Gasteiger partial charge in [-0.1, -0.05) is 6.07 Å². The summed E-state index contributed by atoms with van der Waals surface area (Å²) in [6, 6.07) is 5.54. The van der Waals surface area contributed by atoms with Crippen LogP contribution in [-0.2, 0) is 4.74 Å². The van der Waals surface area contributed by atoms with Crippen molar-refractivity contribution in [1.82, 2.24) is 9.97 Å². The topological polar surface area (TPSA) is 55.0 Å². The van der Waals surface area contributed by atoms with E-state index in [1.807, 2.05) is 18.2 Å². The highest BCUT2D eigenvalue weighted by Crippen LogP contribution is 2.21. The van der Waals surface area contributed by atoms with Gasteiger partial charge in [-0.05, 0) is 12.1 Å². The Hall–Kier alpha value is -2.10. The van der Waals surface area contributed by atoms with Gasteiger partial charge in [0.2, 0.25) is 0 Å². The SMILES string of the molecule is COC(=O)c1c[nH]cc1-c1ccccn1. The zero-order chi connectivity index (χ0) is 10.7. The number of nitrogens with one attached hydrogen (secondary N) is 1. The van der Waals surface area contributed by atoms with E-state index in [4.69, 9.17) is 0 Å². The molecule has 15 heavy (non-hydrogen) atoms. The van der Waals surface area contributed by atoms with Crippen molar-refractivity contribution in [3.63, 3.8) is 0 Å². The minimum atomic E-state index is -0.364. The Kier molecular flexibility index (Phi) is 2.49. The van der Waals surface area contributed by atoms with Gasteiger partial charge >= 0.3 is 5.97 Å². The fraction of sp³-hybridized carbons (Fsp3) is 0.0909. The number of pyridine rings is 1. The lowest BCUT2D eigenvalue weighted by molar-refractivity contribution is 0.0602. The monoisotopic (exact) mass is 202 g/mol. The smallest absolute Gasteiger partial charge is 0.340 e. The molecule has 0 aliphatic carbocycles. The van der Waals surface area contributed by atoms with Crippen molar-refractivity contribution < 1.29 is 9.53 Å². The van der Waals surface area contributed by atoms with Crippen LogP contribution < -0.4 is 0 Å². The molecule has 0 atom stereocenters. The molecule has 4 nitrogen and oxygen atoms in total. The third kappa shape index (κ3) is 1.74. The Balaban J connectivity index is 2.46. The number of H-pyrrole nitrogens is 1. The van der Waals surface area contributed by atoms with Gasteiger partial charge in [-0.25, -0.2) is 4.79 Å². The predicted octanol–water partition coefficient (Wildman–Crippen LogP) is 1.86. The number of aromatic amines is 1. The highest BCUT2D eigenvalue weighted by atomic mass is 16.5. The summed E-state index contributed by atoms with van der Waals surface area (Å²) < 4.78 is 4.67. The van der Waals surface area contributed by atoms with E-state index in [9.17, 15) is 4.79 Å². The number of methoxy groups -OCH3 is 1. The van der Waals surface area contributed by atoms with E-state index < -0.39 is 0 Å². The van der Waals surface area contributed by atoms with Crippen LogP contribution in [0.3, 0.4) is 0 Å². The van der Waals surface area contributed by atoms with Gasteiger partial charge in [-0.2, -0.15) is 0 Å². The minimum absolute atomic E-state index is 0.364. The molecule has 76 valence electrons. The molecule has 0 spiro atoms. The van der Waals surface area contributed by atoms with Crippen LogP contribution in [0.5, 0.6) is 0 Å². The number of hydrogen-bond donors (Lipinski definition) is 1. The fourth-order valence-corrected chi connectivity index (χ4v) is 1.38. The summed E-state index contributed by atoms with van der Waals surface area (Å²) in [7, 11) is 1.36. The molecule has 0 aliphatic rings. The van der Waals surface area contributed by atoms with Gasteiger partial charge in [0, 0.05) is 24.2 Å². The van der Waals surface area contributed by atoms with Crippen molar-refractivity contribution in [2.75, 3.05) is 7.11 Å². The quantitative estimate of drug-likeness (QED) is 0.756. The van der Waals surface area contributed by atoms with Gasteiger partial charge in [-0.15, -0.1) is 0 Å². The molecule has 2 aromatic heterocycles. The first-order chi connectivity index (χ1) is 7.33. The number of carbonyl (C=O) groups is 1. The Morgan fingerprint density at radius 3 is 2.93 bits per heavy atom. The van der Waals surface area contributed by atoms with E-state index >= 15 is 0 Å². The second kappa shape index (κ2) is 3.96. The van der Waals surface area contributed by atoms with Gasteiger partial charge in [0.05, 0.1) is 18.4 Å². The van der Waals surface area contributed by atoms with Crippen molar-refractivity contribution in [3.05, 3.63) is 42.4 Å². The molecule has 0 unspecified atom stereocenters. The Morgan fingerprint density at radius 2 is 2.27 bits per heavy atom. The van der Waals surface area contributed by atoms with Crippen LogP contribution >= 0.6 is 0 Å². The van der Waals surface area contributed by atoms with Gasteiger partial charge in [0.15, 0.2) is 0 Å². The highest BCUT2D eigenvalue weighted by Gasteiger charge is 2.14. The number of rotatable bonds is 2. The molecule has 2 heterocycles. The van der Waals surface area contributed by atoms with Gasteiger partial charge in [0.1, 0.15) is 0 Å². The van der Waals surface area contributed by atoms with E-state index in [1.165, 1.54) is 7.11 Å². The summed E-state index contributed by atoms with van der Waals surface area (Å²) in [5.41, 5.74) is 2.00. The maximum absolute atomic E-state index is 11.4. The van der Waals surface area contributed by atoms with E-state index in [1.54, 1.807) is 18.6 Å². The zero-order valence-corrected chi connectivity index (χ0v) is 8.23. The van der Waals surface area contributed by atoms with E-state index in [0.29, 0.717) is 5.56 Å². The van der Waals surface area contributed by atoms with Crippen molar-refractivity contribution in [2.45, 2.75) is 0 Å². The van der Waals surface area contributed by atoms with Crippen LogP contribution in [0.4, 0.5) is 0 Å². The number of nitrogens with zero attached hydrogens (tertiary/aromatic N) is 1. The second-order valence-electron chi connectivity index (χ2n) is 2.99. The molecule has 0 aromatic carbocycles. The number of aromatic nitrogens is 2.